The number of hydrogen-bond acceptors (Lipinski definition) is 1. The summed E-state index contributed by atoms with van der Waals surface area (Å²) < 4.78 is 40.4. The van der Waals surface area contributed by atoms with E-state index in [-0.39, 0.29) is 5.57 Å². The minimum atomic E-state index is -3.71. The van der Waals surface area contributed by atoms with Gasteiger partial charge in [0.25, 0.3) is 0 Å². The monoisotopic (exact) mass is 220 g/mol. The van der Waals surface area contributed by atoms with Crippen molar-refractivity contribution in [3.8, 4) is 0 Å². The lowest BCUT2D eigenvalue weighted by atomic mass is 9.91. The van der Waals surface area contributed by atoms with Crippen LogP contribution in [0.3, 0.4) is 0 Å². The molecular weight excluding hydrogens is 205 g/mol. The standard InChI is InChI=1S/C11H15F3O/c1-6-8(9(12)7(2)3)11(13,14)10(4,5)15/h6,15H,1-2H2,3-5H3/b9-8-. The van der Waals surface area contributed by atoms with Crippen LogP contribution in [0.15, 0.2) is 36.2 Å². The summed E-state index contributed by atoms with van der Waals surface area (Å²) in [5.74, 6) is -4.85. The summed E-state index contributed by atoms with van der Waals surface area (Å²) >= 11 is 0. The molecule has 0 fully saturated rings. The number of rotatable bonds is 4. The molecule has 0 radical (unpaired) electrons. The van der Waals surface area contributed by atoms with E-state index in [1.54, 1.807) is 0 Å². The second kappa shape index (κ2) is 4.23. The molecule has 0 saturated carbocycles. The second-order valence-electron chi connectivity index (χ2n) is 3.85. The Morgan fingerprint density at radius 3 is 1.93 bits per heavy atom. The van der Waals surface area contributed by atoms with Gasteiger partial charge in [0.15, 0.2) is 0 Å². The molecule has 0 spiro atoms. The first kappa shape index (κ1) is 14.0. The van der Waals surface area contributed by atoms with Crippen LogP contribution in [-0.2, 0) is 0 Å². The first-order valence-corrected chi connectivity index (χ1v) is 4.34. The first-order valence-electron chi connectivity index (χ1n) is 4.34. The van der Waals surface area contributed by atoms with Crippen LogP contribution in [0.5, 0.6) is 0 Å². The molecule has 1 N–H and O–H groups in total. The van der Waals surface area contributed by atoms with Crippen LogP contribution in [0.25, 0.3) is 0 Å². The minimum Gasteiger partial charge on any atom is -0.384 e. The highest BCUT2D eigenvalue weighted by Gasteiger charge is 2.49. The zero-order valence-electron chi connectivity index (χ0n) is 9.07. The van der Waals surface area contributed by atoms with E-state index in [1.165, 1.54) is 6.92 Å². The molecule has 0 rings (SSSR count). The molecule has 0 unspecified atom stereocenters. The van der Waals surface area contributed by atoms with Crippen molar-refractivity contribution in [2.24, 2.45) is 0 Å². The van der Waals surface area contributed by atoms with Crippen molar-refractivity contribution >= 4 is 0 Å². The molecule has 0 aromatic carbocycles. The molecule has 0 saturated heterocycles. The number of aliphatic hydroxyl groups is 1. The summed E-state index contributed by atoms with van der Waals surface area (Å²) in [5, 5.41) is 9.25. The topological polar surface area (TPSA) is 20.2 Å². The van der Waals surface area contributed by atoms with Gasteiger partial charge in [-0.15, -0.1) is 0 Å². The average Bonchev–Trinajstić information content (AvgIpc) is 2.02. The highest BCUT2D eigenvalue weighted by atomic mass is 19.3. The van der Waals surface area contributed by atoms with E-state index in [0.717, 1.165) is 13.8 Å². The van der Waals surface area contributed by atoms with Crippen molar-refractivity contribution in [1.29, 1.82) is 0 Å². The molecule has 1 nitrogen and oxygen atoms in total. The van der Waals surface area contributed by atoms with Crippen LogP contribution in [0, 0.1) is 0 Å². The zero-order chi connectivity index (χ0) is 12.4. The van der Waals surface area contributed by atoms with Crippen LogP contribution in [-0.4, -0.2) is 16.6 Å². The van der Waals surface area contributed by atoms with Crippen molar-refractivity contribution in [1.82, 2.24) is 0 Å². The van der Waals surface area contributed by atoms with Gasteiger partial charge in [-0.25, -0.2) is 4.39 Å². The van der Waals surface area contributed by atoms with E-state index in [2.05, 4.69) is 13.2 Å². The quantitative estimate of drug-likeness (QED) is 0.720. The van der Waals surface area contributed by atoms with E-state index < -0.39 is 22.9 Å². The molecule has 0 aliphatic carbocycles. The highest BCUT2D eigenvalue weighted by Crippen LogP contribution is 2.39. The summed E-state index contributed by atoms with van der Waals surface area (Å²) in [4.78, 5) is 0. The Hall–Kier alpha value is -1.03. The van der Waals surface area contributed by atoms with Crippen LogP contribution < -0.4 is 0 Å². The van der Waals surface area contributed by atoms with Gasteiger partial charge in [-0.1, -0.05) is 19.2 Å². The van der Waals surface area contributed by atoms with E-state index in [1.807, 2.05) is 0 Å². The Balaban J connectivity index is 5.62. The summed E-state index contributed by atoms with van der Waals surface area (Å²) in [6, 6.07) is 0. The molecule has 0 aliphatic rings. The molecule has 0 atom stereocenters. The summed E-state index contributed by atoms with van der Waals surface area (Å²) in [6.07, 6.45) is 0.696. The fourth-order valence-electron chi connectivity index (χ4n) is 0.915. The fourth-order valence-corrected chi connectivity index (χ4v) is 0.915. The van der Waals surface area contributed by atoms with Gasteiger partial charge in [0.2, 0.25) is 0 Å². The van der Waals surface area contributed by atoms with Crippen molar-refractivity contribution in [2.75, 3.05) is 0 Å². The Labute approximate surface area is 87.6 Å². The zero-order valence-corrected chi connectivity index (χ0v) is 9.07. The molecule has 0 bridgehead atoms. The van der Waals surface area contributed by atoms with E-state index in [9.17, 15) is 18.3 Å². The first-order chi connectivity index (χ1) is 6.55. The normalized spacial score (nSPS) is 14.6. The van der Waals surface area contributed by atoms with Gasteiger partial charge in [0.05, 0.1) is 5.57 Å². The Kier molecular flexibility index (Phi) is 3.94. The molecule has 15 heavy (non-hydrogen) atoms. The van der Waals surface area contributed by atoms with Crippen molar-refractivity contribution in [3.05, 3.63) is 36.2 Å². The van der Waals surface area contributed by atoms with E-state index >= 15 is 0 Å². The van der Waals surface area contributed by atoms with Gasteiger partial charge in [-0.3, -0.25) is 0 Å². The van der Waals surface area contributed by atoms with Gasteiger partial charge in [0, 0.05) is 0 Å². The third-order valence-electron chi connectivity index (χ3n) is 1.92. The fraction of sp³-hybridized carbons (Fsp3) is 0.455. The Morgan fingerprint density at radius 2 is 1.73 bits per heavy atom. The van der Waals surface area contributed by atoms with Crippen molar-refractivity contribution in [3.63, 3.8) is 0 Å². The molecule has 0 heterocycles. The predicted molar refractivity (Wildman–Crippen MR) is 54.4 cm³/mol. The average molecular weight is 220 g/mol. The van der Waals surface area contributed by atoms with E-state index in [4.69, 9.17) is 0 Å². The SMILES string of the molecule is C=C/C(=C(/F)C(=C)C)C(F)(F)C(C)(C)O. The lowest BCUT2D eigenvalue weighted by Gasteiger charge is -2.30. The van der Waals surface area contributed by atoms with Crippen LogP contribution >= 0.6 is 0 Å². The third kappa shape index (κ3) is 2.72. The maximum Gasteiger partial charge on any atom is 0.303 e. The van der Waals surface area contributed by atoms with E-state index in [0.29, 0.717) is 6.08 Å². The summed E-state index contributed by atoms with van der Waals surface area (Å²) in [6.45, 7) is 9.41. The molecule has 0 aliphatic heterocycles. The smallest absolute Gasteiger partial charge is 0.303 e. The highest BCUT2D eigenvalue weighted by molar-refractivity contribution is 5.38. The maximum absolute atomic E-state index is 13.5. The minimum absolute atomic E-state index is 0.131. The van der Waals surface area contributed by atoms with Crippen molar-refractivity contribution in [2.45, 2.75) is 32.3 Å². The number of allylic oxidation sites excluding steroid dienone is 3. The molecule has 0 aromatic heterocycles. The lowest BCUT2D eigenvalue weighted by molar-refractivity contribution is -0.134. The molecule has 0 aromatic rings. The predicted octanol–water partition coefficient (Wildman–Crippen LogP) is 3.38. The van der Waals surface area contributed by atoms with Crippen LogP contribution in [0.2, 0.25) is 0 Å². The number of alkyl halides is 2. The largest absolute Gasteiger partial charge is 0.384 e. The molecular formula is C11H15F3O. The van der Waals surface area contributed by atoms with Crippen LogP contribution in [0.1, 0.15) is 20.8 Å². The van der Waals surface area contributed by atoms with Gasteiger partial charge in [-0.2, -0.15) is 8.78 Å². The number of halogens is 3. The molecule has 4 heteroatoms. The number of hydrogen-bond donors (Lipinski definition) is 1. The second-order valence-corrected chi connectivity index (χ2v) is 3.85. The summed E-state index contributed by atoms with van der Waals surface area (Å²) in [7, 11) is 0. The van der Waals surface area contributed by atoms with Gasteiger partial charge in [0.1, 0.15) is 11.4 Å². The molecule has 86 valence electrons. The maximum atomic E-state index is 13.5. The Bertz CT molecular complexity index is 308. The van der Waals surface area contributed by atoms with Crippen molar-refractivity contribution < 1.29 is 18.3 Å². The van der Waals surface area contributed by atoms with Gasteiger partial charge < -0.3 is 5.11 Å². The Morgan fingerprint density at radius 1 is 1.33 bits per heavy atom. The van der Waals surface area contributed by atoms with Gasteiger partial charge in [-0.05, 0) is 26.3 Å². The summed E-state index contributed by atoms with van der Waals surface area (Å²) in [5.41, 5.74) is -3.43. The van der Waals surface area contributed by atoms with Gasteiger partial charge >= 0.3 is 5.92 Å². The van der Waals surface area contributed by atoms with Crippen LogP contribution in [0.4, 0.5) is 13.2 Å². The lowest BCUT2D eigenvalue weighted by Crippen LogP contribution is -2.44. The third-order valence-corrected chi connectivity index (χ3v) is 1.92. The molecule has 0 amide bonds.